The summed E-state index contributed by atoms with van der Waals surface area (Å²) < 4.78 is 19.0. The molecular formula is C15H18FN3O. The molecule has 0 atom stereocenters. The number of benzene rings is 1. The molecule has 1 heterocycles. The number of nitrogens with two attached hydrogens (primary N) is 1. The maximum Gasteiger partial charge on any atom is 0.168 e. The first-order chi connectivity index (χ1) is 9.51. The number of nitrogens with zero attached hydrogens (tertiary/aromatic N) is 2. The summed E-state index contributed by atoms with van der Waals surface area (Å²) in [5, 5.41) is 0. The number of halogens is 1. The van der Waals surface area contributed by atoms with Crippen molar-refractivity contribution in [3.63, 3.8) is 0 Å². The molecule has 0 saturated carbocycles. The number of aromatic nitrogens is 2. The fraction of sp³-hybridized carbons (Fsp3) is 0.333. The average molecular weight is 275 g/mol. The van der Waals surface area contributed by atoms with Crippen molar-refractivity contribution in [1.29, 1.82) is 0 Å². The topological polar surface area (TPSA) is 61.0 Å². The Hall–Kier alpha value is -2.01. The van der Waals surface area contributed by atoms with Crippen LogP contribution in [0, 0.1) is 12.7 Å². The van der Waals surface area contributed by atoms with Crippen LogP contribution < -0.4 is 10.5 Å². The van der Waals surface area contributed by atoms with E-state index in [1.54, 1.807) is 12.3 Å². The molecule has 20 heavy (non-hydrogen) atoms. The second-order valence-electron chi connectivity index (χ2n) is 4.91. The minimum atomic E-state index is -0.348. The Bertz CT molecular complexity index is 614. The zero-order chi connectivity index (χ0) is 14.7. The third kappa shape index (κ3) is 3.11. The van der Waals surface area contributed by atoms with Crippen molar-refractivity contribution in [2.24, 2.45) is 5.73 Å². The van der Waals surface area contributed by atoms with Gasteiger partial charge in [-0.2, -0.15) is 0 Å². The lowest BCUT2D eigenvalue weighted by Crippen LogP contribution is -2.08. The summed E-state index contributed by atoms with van der Waals surface area (Å²) in [6.45, 7) is 6.10. The Morgan fingerprint density at radius 1 is 1.30 bits per heavy atom. The van der Waals surface area contributed by atoms with Crippen molar-refractivity contribution in [3.8, 4) is 11.5 Å². The van der Waals surface area contributed by atoms with Crippen LogP contribution >= 0.6 is 0 Å². The molecular weight excluding hydrogens is 257 g/mol. The SMILES string of the molecule is Cc1ccc(F)cc1Oc1cnc(C(C)C)nc1CN. The number of aryl methyl sites for hydroxylation is 1. The van der Waals surface area contributed by atoms with Crippen molar-refractivity contribution >= 4 is 0 Å². The van der Waals surface area contributed by atoms with Gasteiger partial charge in [0.2, 0.25) is 0 Å². The molecule has 0 spiro atoms. The van der Waals surface area contributed by atoms with Crippen LogP contribution in [0.25, 0.3) is 0 Å². The Balaban J connectivity index is 2.35. The smallest absolute Gasteiger partial charge is 0.168 e. The van der Waals surface area contributed by atoms with Crippen molar-refractivity contribution in [2.45, 2.75) is 33.2 Å². The van der Waals surface area contributed by atoms with Crippen LogP contribution in [0.3, 0.4) is 0 Å². The summed E-state index contributed by atoms with van der Waals surface area (Å²) in [7, 11) is 0. The molecule has 2 aromatic rings. The van der Waals surface area contributed by atoms with Crippen molar-refractivity contribution in [2.75, 3.05) is 0 Å². The van der Waals surface area contributed by atoms with E-state index in [-0.39, 0.29) is 18.3 Å². The molecule has 0 bridgehead atoms. The van der Waals surface area contributed by atoms with Crippen LogP contribution in [0.4, 0.5) is 4.39 Å². The normalized spacial score (nSPS) is 10.9. The van der Waals surface area contributed by atoms with Gasteiger partial charge in [0.1, 0.15) is 23.1 Å². The highest BCUT2D eigenvalue weighted by Gasteiger charge is 2.12. The molecule has 0 radical (unpaired) electrons. The van der Waals surface area contributed by atoms with Crippen LogP contribution in [0.2, 0.25) is 0 Å². The molecule has 0 fully saturated rings. The Morgan fingerprint density at radius 2 is 2.05 bits per heavy atom. The van der Waals surface area contributed by atoms with Gasteiger partial charge >= 0.3 is 0 Å². The summed E-state index contributed by atoms with van der Waals surface area (Å²) in [6, 6.07) is 4.40. The first-order valence-electron chi connectivity index (χ1n) is 6.51. The summed E-state index contributed by atoms with van der Waals surface area (Å²) in [5.74, 6) is 1.49. The lowest BCUT2D eigenvalue weighted by molar-refractivity contribution is 0.459. The first kappa shape index (κ1) is 14.4. The lowest BCUT2D eigenvalue weighted by atomic mass is 10.2. The van der Waals surface area contributed by atoms with Gasteiger partial charge in [-0.25, -0.2) is 14.4 Å². The quantitative estimate of drug-likeness (QED) is 0.930. The highest BCUT2D eigenvalue weighted by molar-refractivity contribution is 5.38. The van der Waals surface area contributed by atoms with Crippen molar-refractivity contribution in [3.05, 3.63) is 47.3 Å². The molecule has 106 valence electrons. The molecule has 1 aromatic heterocycles. The summed E-state index contributed by atoms with van der Waals surface area (Å²) in [4.78, 5) is 8.63. The second kappa shape index (κ2) is 5.96. The van der Waals surface area contributed by atoms with E-state index in [1.165, 1.54) is 12.1 Å². The van der Waals surface area contributed by atoms with Gasteiger partial charge in [0.15, 0.2) is 5.75 Å². The van der Waals surface area contributed by atoms with Gasteiger partial charge in [0, 0.05) is 18.5 Å². The van der Waals surface area contributed by atoms with Crippen LogP contribution in [-0.4, -0.2) is 9.97 Å². The summed E-state index contributed by atoms with van der Waals surface area (Å²) >= 11 is 0. The molecule has 0 amide bonds. The molecule has 0 aliphatic heterocycles. The average Bonchev–Trinajstić information content (AvgIpc) is 2.43. The first-order valence-corrected chi connectivity index (χ1v) is 6.51. The van der Waals surface area contributed by atoms with Gasteiger partial charge in [0.25, 0.3) is 0 Å². The number of hydrogen-bond donors (Lipinski definition) is 1. The molecule has 1 aromatic carbocycles. The molecule has 0 unspecified atom stereocenters. The molecule has 2 N–H and O–H groups in total. The van der Waals surface area contributed by atoms with E-state index in [0.717, 1.165) is 5.56 Å². The third-order valence-electron chi connectivity index (χ3n) is 2.93. The Labute approximate surface area is 117 Å². The zero-order valence-electron chi connectivity index (χ0n) is 11.9. The summed E-state index contributed by atoms with van der Waals surface area (Å²) in [6.07, 6.45) is 1.59. The van der Waals surface area contributed by atoms with E-state index in [2.05, 4.69) is 9.97 Å². The highest BCUT2D eigenvalue weighted by atomic mass is 19.1. The molecule has 4 nitrogen and oxygen atoms in total. The minimum Gasteiger partial charge on any atom is -0.453 e. The number of rotatable bonds is 4. The molecule has 5 heteroatoms. The largest absolute Gasteiger partial charge is 0.453 e. The van der Waals surface area contributed by atoms with Gasteiger partial charge in [-0.3, -0.25) is 0 Å². The van der Waals surface area contributed by atoms with Gasteiger partial charge in [-0.05, 0) is 18.6 Å². The van der Waals surface area contributed by atoms with Gasteiger partial charge in [0.05, 0.1) is 6.20 Å². The Morgan fingerprint density at radius 3 is 2.70 bits per heavy atom. The standard InChI is InChI=1S/C15H18FN3O/c1-9(2)15-18-8-14(12(7-17)19-15)20-13-6-11(16)5-4-10(13)3/h4-6,8-9H,7,17H2,1-3H3. The zero-order valence-corrected chi connectivity index (χ0v) is 11.9. The van der Waals surface area contributed by atoms with Gasteiger partial charge < -0.3 is 10.5 Å². The van der Waals surface area contributed by atoms with Gasteiger partial charge in [-0.1, -0.05) is 19.9 Å². The fourth-order valence-electron chi connectivity index (χ4n) is 1.73. The van der Waals surface area contributed by atoms with E-state index in [9.17, 15) is 4.39 Å². The van der Waals surface area contributed by atoms with E-state index in [4.69, 9.17) is 10.5 Å². The van der Waals surface area contributed by atoms with Crippen LogP contribution in [0.15, 0.2) is 24.4 Å². The maximum absolute atomic E-state index is 13.3. The van der Waals surface area contributed by atoms with E-state index in [0.29, 0.717) is 23.0 Å². The monoisotopic (exact) mass is 275 g/mol. The Kier molecular flexibility index (Phi) is 4.29. The third-order valence-corrected chi connectivity index (χ3v) is 2.93. The van der Waals surface area contributed by atoms with Crippen LogP contribution in [0.1, 0.15) is 36.8 Å². The van der Waals surface area contributed by atoms with Crippen molar-refractivity contribution in [1.82, 2.24) is 9.97 Å². The predicted octanol–water partition coefficient (Wildman–Crippen LogP) is 3.30. The fourth-order valence-corrected chi connectivity index (χ4v) is 1.73. The lowest BCUT2D eigenvalue weighted by Gasteiger charge is -2.13. The maximum atomic E-state index is 13.3. The molecule has 0 saturated heterocycles. The molecule has 0 aliphatic carbocycles. The predicted molar refractivity (Wildman–Crippen MR) is 75.2 cm³/mol. The van der Waals surface area contributed by atoms with E-state index in [1.807, 2.05) is 20.8 Å². The molecule has 2 rings (SSSR count). The number of ether oxygens (including phenoxy) is 1. The van der Waals surface area contributed by atoms with Crippen LogP contribution in [-0.2, 0) is 6.54 Å². The highest BCUT2D eigenvalue weighted by Crippen LogP contribution is 2.27. The summed E-state index contributed by atoms with van der Waals surface area (Å²) in [5.41, 5.74) is 7.15. The van der Waals surface area contributed by atoms with E-state index >= 15 is 0 Å². The number of hydrogen-bond acceptors (Lipinski definition) is 4. The van der Waals surface area contributed by atoms with Gasteiger partial charge in [-0.15, -0.1) is 0 Å². The van der Waals surface area contributed by atoms with Crippen molar-refractivity contribution < 1.29 is 9.13 Å². The van der Waals surface area contributed by atoms with Crippen LogP contribution in [0.5, 0.6) is 11.5 Å². The second-order valence-corrected chi connectivity index (χ2v) is 4.91. The van der Waals surface area contributed by atoms with E-state index < -0.39 is 0 Å². The minimum absolute atomic E-state index is 0.213. The molecule has 0 aliphatic rings.